The molecule has 0 unspecified atom stereocenters. The van der Waals surface area contributed by atoms with Gasteiger partial charge in [-0.05, 0) is 34.7 Å². The van der Waals surface area contributed by atoms with Crippen LogP contribution in [0.4, 0.5) is 0 Å². The lowest BCUT2D eigenvalue weighted by molar-refractivity contribution is 1.36. The third kappa shape index (κ3) is 4.76. The van der Waals surface area contributed by atoms with Crippen LogP contribution in [-0.2, 0) is 0 Å². The molecule has 218 valence electrons. The van der Waals surface area contributed by atoms with Crippen molar-refractivity contribution in [2.45, 2.75) is 0 Å². The van der Waals surface area contributed by atoms with Crippen LogP contribution in [0.1, 0.15) is 44.5 Å². The van der Waals surface area contributed by atoms with Gasteiger partial charge in [0, 0.05) is 39.0 Å². The molecule has 15 heteroatoms. The molecule has 0 N–H and O–H groups in total. The summed E-state index contributed by atoms with van der Waals surface area (Å²) in [6.07, 6.45) is 2.82. The highest BCUT2D eigenvalue weighted by molar-refractivity contribution is 7.18. The number of hydrogen-bond donors (Lipinski definition) is 0. The van der Waals surface area contributed by atoms with Crippen LogP contribution in [0.3, 0.4) is 0 Å². The van der Waals surface area contributed by atoms with E-state index >= 15 is 0 Å². The lowest BCUT2D eigenvalue weighted by atomic mass is 9.71. The Labute approximate surface area is 298 Å². The zero-order valence-corrected chi connectivity index (χ0v) is 26.5. The SMILES string of the molecule is [B]c1c(C#N)c(C#N)c(C#N)c([B])c1/C(C#N)=c1\cnc2c(c1)c1c/c(=C(\C#N)c3c([B])c(C#N)c(C#N)c(C#N)c3[B])cnc1c1sccc21. The topological polar surface area (TPSA) is 216 Å². The number of nitrogens with zero attached hydrogens (tertiary/aromatic N) is 10. The Bertz CT molecular complexity index is 2840. The number of benzene rings is 3. The first-order valence-electron chi connectivity index (χ1n) is 14.2. The minimum Gasteiger partial charge on any atom is -0.255 e. The van der Waals surface area contributed by atoms with Crippen LogP contribution in [0.15, 0.2) is 36.0 Å². The molecule has 0 aliphatic heterocycles. The van der Waals surface area contributed by atoms with Gasteiger partial charge in [0.05, 0.1) is 84.5 Å². The first kappa shape index (κ1) is 33.3. The number of thiophene rings is 1. The van der Waals surface area contributed by atoms with Gasteiger partial charge in [-0.3, -0.25) is 9.97 Å². The molecule has 3 aromatic heterocycles. The standard InChI is InChI=1S/C36H6B4N10S/c37-30-24(9-45)22(7-43)25(10-46)31(38)28(30)20(5-41)15-3-18-19-4-16(14-50-35(19)36-17(1-2-51-36)34(18)49-13-15)21(6-42)29-32(39)26(11-47)23(8-44)27(12-48)33(29)40/h1-4,13-14H/b20-15-,21-16-. The minimum atomic E-state index is -0.311. The van der Waals surface area contributed by atoms with Gasteiger partial charge >= 0.3 is 0 Å². The summed E-state index contributed by atoms with van der Waals surface area (Å²) in [5, 5.41) is 83.2. The van der Waals surface area contributed by atoms with E-state index < -0.39 is 0 Å². The van der Waals surface area contributed by atoms with E-state index in [-0.39, 0.29) is 87.9 Å². The number of pyridine rings is 2. The van der Waals surface area contributed by atoms with Crippen molar-refractivity contribution < 1.29 is 0 Å². The van der Waals surface area contributed by atoms with Crippen LogP contribution in [-0.4, -0.2) is 41.4 Å². The summed E-state index contributed by atoms with van der Waals surface area (Å²) in [6, 6.07) is 20.1. The van der Waals surface area contributed by atoms with Crippen molar-refractivity contribution in [1.82, 2.24) is 9.97 Å². The summed E-state index contributed by atoms with van der Waals surface area (Å²) in [6.45, 7) is 0. The second kappa shape index (κ2) is 12.8. The van der Waals surface area contributed by atoms with Crippen molar-refractivity contribution >= 4 is 108 Å². The molecule has 0 amide bonds. The number of hydrogen-bond acceptors (Lipinski definition) is 11. The van der Waals surface area contributed by atoms with E-state index in [2.05, 4.69) is 22.1 Å². The fourth-order valence-corrected chi connectivity index (χ4v) is 6.93. The lowest BCUT2D eigenvalue weighted by Gasteiger charge is -2.16. The smallest absolute Gasteiger partial charge is 0.116 e. The minimum absolute atomic E-state index is 0.112. The van der Waals surface area contributed by atoms with Crippen LogP contribution in [0.2, 0.25) is 0 Å². The van der Waals surface area contributed by atoms with Gasteiger partial charge in [-0.2, -0.15) is 42.1 Å². The highest BCUT2D eigenvalue weighted by atomic mass is 32.1. The molecule has 0 fully saturated rings. The molecule has 0 aliphatic carbocycles. The van der Waals surface area contributed by atoms with Gasteiger partial charge in [-0.15, -0.1) is 11.3 Å². The molecule has 3 heterocycles. The summed E-state index contributed by atoms with van der Waals surface area (Å²) < 4.78 is 0.765. The average molecular weight is 654 g/mol. The Balaban J connectivity index is 1.81. The van der Waals surface area contributed by atoms with E-state index in [9.17, 15) is 42.1 Å². The van der Waals surface area contributed by atoms with E-state index in [0.29, 0.717) is 21.8 Å². The van der Waals surface area contributed by atoms with Crippen molar-refractivity contribution in [3.8, 4) is 48.6 Å². The molecule has 0 aliphatic rings. The van der Waals surface area contributed by atoms with Gasteiger partial charge in [0.25, 0.3) is 0 Å². The molecule has 0 saturated carbocycles. The number of nitriles is 8. The predicted molar refractivity (Wildman–Crippen MR) is 191 cm³/mol. The Morgan fingerprint density at radius 3 is 1.25 bits per heavy atom. The molecular formula is C36H6B4N10S. The molecule has 0 atom stereocenters. The Kier molecular flexibility index (Phi) is 8.32. The molecule has 0 saturated heterocycles. The number of fused-ring (bicyclic) bond motifs is 6. The third-order valence-electron chi connectivity index (χ3n) is 8.33. The number of rotatable bonds is 2. The summed E-state index contributed by atoms with van der Waals surface area (Å²) in [7, 11) is 25.2. The fourth-order valence-electron chi connectivity index (χ4n) is 6.02. The average Bonchev–Trinajstić information content (AvgIpc) is 3.65. The largest absolute Gasteiger partial charge is 0.255 e. The number of aromatic nitrogens is 2. The normalized spacial score (nSPS) is 11.5. The van der Waals surface area contributed by atoms with Crippen molar-refractivity contribution in [1.29, 1.82) is 42.1 Å². The van der Waals surface area contributed by atoms with Gasteiger partial charge in [-0.1, -0.05) is 21.9 Å². The highest BCUT2D eigenvalue weighted by Crippen LogP contribution is 2.35. The predicted octanol–water partition coefficient (Wildman–Crippen LogP) is -0.152. The maximum absolute atomic E-state index is 10.4. The van der Waals surface area contributed by atoms with Crippen LogP contribution in [0.5, 0.6) is 0 Å². The van der Waals surface area contributed by atoms with Crippen LogP contribution in [0.25, 0.3) is 43.0 Å². The first-order chi connectivity index (χ1) is 24.6. The Hall–Kier alpha value is -7.64. The van der Waals surface area contributed by atoms with Crippen LogP contribution < -0.4 is 32.3 Å². The van der Waals surface area contributed by atoms with E-state index in [1.54, 1.807) is 24.3 Å². The Morgan fingerprint density at radius 1 is 0.510 bits per heavy atom. The maximum Gasteiger partial charge on any atom is 0.116 e. The van der Waals surface area contributed by atoms with E-state index in [1.165, 1.54) is 23.7 Å². The van der Waals surface area contributed by atoms with Gasteiger partial charge in [-0.25, -0.2) is 0 Å². The summed E-state index contributed by atoms with van der Waals surface area (Å²) in [5.41, 5.74) is -2.35. The van der Waals surface area contributed by atoms with Crippen molar-refractivity contribution in [3.63, 3.8) is 0 Å². The van der Waals surface area contributed by atoms with Crippen LogP contribution >= 0.6 is 11.3 Å². The molecule has 10 nitrogen and oxygen atoms in total. The van der Waals surface area contributed by atoms with E-state index in [0.717, 1.165) is 10.1 Å². The molecular weight excluding hydrogens is 648 g/mol. The third-order valence-corrected chi connectivity index (χ3v) is 9.25. The molecule has 0 spiro atoms. The van der Waals surface area contributed by atoms with Crippen molar-refractivity contribution in [2.24, 2.45) is 0 Å². The summed E-state index contributed by atoms with van der Waals surface area (Å²) in [5.74, 6) is 0. The molecule has 0 bridgehead atoms. The van der Waals surface area contributed by atoms with E-state index in [4.69, 9.17) is 31.4 Å². The van der Waals surface area contributed by atoms with Crippen LogP contribution in [0, 0.1) is 90.6 Å². The molecule has 6 rings (SSSR count). The summed E-state index contributed by atoms with van der Waals surface area (Å²) in [4.78, 5) is 9.36. The molecule has 3 aromatic carbocycles. The molecule has 8 radical (unpaired) electrons. The fraction of sp³-hybridized carbons (Fsp3) is 0. The Morgan fingerprint density at radius 2 is 0.882 bits per heavy atom. The first-order valence-corrected chi connectivity index (χ1v) is 15.1. The summed E-state index contributed by atoms with van der Waals surface area (Å²) >= 11 is 1.40. The van der Waals surface area contributed by atoms with Gasteiger partial charge in [0.15, 0.2) is 0 Å². The quantitative estimate of drug-likeness (QED) is 0.178. The lowest BCUT2D eigenvalue weighted by Crippen LogP contribution is -2.31. The zero-order valence-electron chi connectivity index (χ0n) is 25.7. The molecule has 51 heavy (non-hydrogen) atoms. The van der Waals surface area contributed by atoms with E-state index in [1.807, 2.05) is 35.7 Å². The second-order valence-corrected chi connectivity index (χ2v) is 11.6. The highest BCUT2D eigenvalue weighted by Gasteiger charge is 2.24. The monoisotopic (exact) mass is 654 g/mol. The second-order valence-electron chi connectivity index (χ2n) is 10.7. The zero-order chi connectivity index (χ0) is 36.7. The molecule has 6 aromatic rings. The van der Waals surface area contributed by atoms with Crippen molar-refractivity contribution in [3.05, 3.63) is 90.9 Å². The van der Waals surface area contributed by atoms with Gasteiger partial charge < -0.3 is 0 Å². The van der Waals surface area contributed by atoms with Crippen molar-refractivity contribution in [2.75, 3.05) is 0 Å². The van der Waals surface area contributed by atoms with Gasteiger partial charge in [0.1, 0.15) is 55.7 Å². The maximum atomic E-state index is 10.4. The van der Waals surface area contributed by atoms with Gasteiger partial charge in [0.2, 0.25) is 0 Å².